The molecule has 1 heterocycles. The van der Waals surface area contributed by atoms with Crippen molar-refractivity contribution in [1.82, 2.24) is 5.32 Å². The van der Waals surface area contributed by atoms with E-state index in [1.165, 1.54) is 12.8 Å². The van der Waals surface area contributed by atoms with Crippen molar-refractivity contribution in [2.45, 2.75) is 25.1 Å². The Morgan fingerprint density at radius 1 is 1.75 bits per heavy atom. The largest absolute Gasteiger partial charge is 0.378 e. The van der Waals surface area contributed by atoms with Crippen molar-refractivity contribution in [2.75, 3.05) is 0 Å². The number of nitrogens with one attached hydrogen (secondary N) is 1. The Kier molecular flexibility index (Phi) is 2.27. The molecule has 0 bridgehead atoms. The van der Waals surface area contributed by atoms with E-state index in [-0.39, 0.29) is 0 Å². The molecular formula is C6H11NS. The molecule has 0 aromatic carbocycles. The summed E-state index contributed by atoms with van der Waals surface area (Å²) in [5.41, 5.74) is 0. The molecule has 1 aliphatic rings. The SMILES string of the molecule is CCCC1NC=CS1. The highest BCUT2D eigenvalue weighted by atomic mass is 32.2. The molecule has 0 saturated carbocycles. The lowest BCUT2D eigenvalue weighted by atomic mass is 10.3. The fourth-order valence-electron chi connectivity index (χ4n) is 0.734. The van der Waals surface area contributed by atoms with Gasteiger partial charge in [-0.25, -0.2) is 0 Å². The zero-order valence-corrected chi connectivity index (χ0v) is 5.87. The van der Waals surface area contributed by atoms with Gasteiger partial charge in [-0.2, -0.15) is 0 Å². The Morgan fingerprint density at radius 2 is 2.62 bits per heavy atom. The monoisotopic (exact) mass is 129 g/mol. The van der Waals surface area contributed by atoms with Crippen molar-refractivity contribution < 1.29 is 0 Å². The predicted octanol–water partition coefficient (Wildman–Crippen LogP) is 1.92. The maximum absolute atomic E-state index is 3.24. The minimum Gasteiger partial charge on any atom is -0.378 e. The van der Waals surface area contributed by atoms with Crippen LogP contribution in [0.15, 0.2) is 11.6 Å². The van der Waals surface area contributed by atoms with Gasteiger partial charge >= 0.3 is 0 Å². The summed E-state index contributed by atoms with van der Waals surface area (Å²) in [5.74, 6) is 0. The summed E-state index contributed by atoms with van der Waals surface area (Å²) in [6.07, 6.45) is 4.56. The van der Waals surface area contributed by atoms with Gasteiger partial charge in [0, 0.05) is 6.20 Å². The maximum atomic E-state index is 3.24. The van der Waals surface area contributed by atoms with Crippen molar-refractivity contribution in [2.24, 2.45) is 0 Å². The Hall–Kier alpha value is -0.110. The molecule has 0 aromatic rings. The lowest BCUT2D eigenvalue weighted by Crippen LogP contribution is -2.14. The van der Waals surface area contributed by atoms with Crippen LogP contribution in [-0.4, -0.2) is 5.37 Å². The Balaban J connectivity index is 2.10. The van der Waals surface area contributed by atoms with Crippen LogP contribution < -0.4 is 5.32 Å². The molecule has 2 heteroatoms. The van der Waals surface area contributed by atoms with Crippen molar-refractivity contribution >= 4 is 11.8 Å². The summed E-state index contributed by atoms with van der Waals surface area (Å²) in [4.78, 5) is 0. The van der Waals surface area contributed by atoms with Crippen molar-refractivity contribution in [3.8, 4) is 0 Å². The van der Waals surface area contributed by atoms with E-state index in [1.807, 2.05) is 18.0 Å². The fraction of sp³-hybridized carbons (Fsp3) is 0.667. The number of hydrogen-bond acceptors (Lipinski definition) is 2. The lowest BCUT2D eigenvalue weighted by molar-refractivity contribution is 0.698. The summed E-state index contributed by atoms with van der Waals surface area (Å²) >= 11 is 1.88. The van der Waals surface area contributed by atoms with Crippen molar-refractivity contribution in [3.05, 3.63) is 11.6 Å². The molecule has 0 fully saturated rings. The van der Waals surface area contributed by atoms with Crippen LogP contribution in [-0.2, 0) is 0 Å². The molecule has 8 heavy (non-hydrogen) atoms. The minimum absolute atomic E-state index is 0.667. The molecule has 1 unspecified atom stereocenters. The standard InChI is InChI=1S/C6H11NS/c1-2-3-6-7-4-5-8-6/h4-7H,2-3H2,1H3. The molecule has 1 nitrogen and oxygen atoms in total. The van der Waals surface area contributed by atoms with Gasteiger partial charge in [0.25, 0.3) is 0 Å². The van der Waals surface area contributed by atoms with Crippen LogP contribution in [0.4, 0.5) is 0 Å². The zero-order chi connectivity index (χ0) is 5.82. The highest BCUT2D eigenvalue weighted by Gasteiger charge is 2.06. The maximum Gasteiger partial charge on any atom is 0.0758 e. The van der Waals surface area contributed by atoms with Gasteiger partial charge in [-0.3, -0.25) is 0 Å². The topological polar surface area (TPSA) is 12.0 Å². The highest BCUT2D eigenvalue weighted by Crippen LogP contribution is 2.18. The van der Waals surface area contributed by atoms with Gasteiger partial charge in [-0.1, -0.05) is 13.3 Å². The van der Waals surface area contributed by atoms with E-state index < -0.39 is 0 Å². The van der Waals surface area contributed by atoms with Crippen LogP contribution in [0.1, 0.15) is 19.8 Å². The Labute approximate surface area is 54.5 Å². The van der Waals surface area contributed by atoms with Crippen LogP contribution in [0.3, 0.4) is 0 Å². The van der Waals surface area contributed by atoms with E-state index >= 15 is 0 Å². The molecule has 1 aliphatic heterocycles. The van der Waals surface area contributed by atoms with Gasteiger partial charge in [-0.15, -0.1) is 11.8 Å². The first-order valence-corrected chi connectivity index (χ1v) is 3.94. The lowest BCUT2D eigenvalue weighted by Gasteiger charge is -2.05. The Morgan fingerprint density at radius 3 is 3.12 bits per heavy atom. The summed E-state index contributed by atoms with van der Waals surface area (Å²) in [7, 11) is 0. The number of thioether (sulfide) groups is 1. The fourth-order valence-corrected chi connectivity index (χ4v) is 1.61. The molecule has 1 atom stereocenters. The van der Waals surface area contributed by atoms with Crippen LogP contribution >= 0.6 is 11.8 Å². The van der Waals surface area contributed by atoms with Gasteiger partial charge in [0.2, 0.25) is 0 Å². The first-order valence-electron chi connectivity index (χ1n) is 3.00. The summed E-state index contributed by atoms with van der Waals surface area (Å²) < 4.78 is 0. The summed E-state index contributed by atoms with van der Waals surface area (Å²) in [6, 6.07) is 0. The average Bonchev–Trinajstić information content (AvgIpc) is 2.19. The smallest absolute Gasteiger partial charge is 0.0758 e. The molecule has 0 spiro atoms. The Bertz CT molecular complexity index is 82.5. The normalized spacial score (nSPS) is 25.9. The van der Waals surface area contributed by atoms with Gasteiger partial charge in [-0.05, 0) is 11.8 Å². The molecule has 46 valence electrons. The molecular weight excluding hydrogens is 118 g/mol. The van der Waals surface area contributed by atoms with Crippen LogP contribution in [0, 0.1) is 0 Å². The van der Waals surface area contributed by atoms with E-state index in [2.05, 4.69) is 17.6 Å². The second kappa shape index (κ2) is 3.02. The van der Waals surface area contributed by atoms with Gasteiger partial charge in [0.15, 0.2) is 0 Å². The van der Waals surface area contributed by atoms with Crippen molar-refractivity contribution in [3.63, 3.8) is 0 Å². The molecule has 0 aliphatic carbocycles. The third-order valence-electron chi connectivity index (χ3n) is 1.14. The average molecular weight is 129 g/mol. The quantitative estimate of drug-likeness (QED) is 0.611. The number of rotatable bonds is 2. The van der Waals surface area contributed by atoms with E-state index in [0.717, 1.165) is 0 Å². The summed E-state index contributed by atoms with van der Waals surface area (Å²) in [5, 5.41) is 6.02. The van der Waals surface area contributed by atoms with E-state index in [4.69, 9.17) is 0 Å². The van der Waals surface area contributed by atoms with E-state index in [1.54, 1.807) is 0 Å². The molecule has 0 aromatic heterocycles. The van der Waals surface area contributed by atoms with Crippen molar-refractivity contribution in [1.29, 1.82) is 0 Å². The first kappa shape index (κ1) is 6.02. The number of hydrogen-bond donors (Lipinski definition) is 1. The second-order valence-electron chi connectivity index (χ2n) is 1.88. The highest BCUT2D eigenvalue weighted by molar-refractivity contribution is 8.02. The van der Waals surface area contributed by atoms with Gasteiger partial charge in [0.1, 0.15) is 0 Å². The third-order valence-corrected chi connectivity index (χ3v) is 2.14. The molecule has 0 radical (unpaired) electrons. The molecule has 0 saturated heterocycles. The molecule has 1 rings (SSSR count). The third kappa shape index (κ3) is 1.44. The first-order chi connectivity index (χ1) is 3.93. The van der Waals surface area contributed by atoms with Gasteiger partial charge < -0.3 is 5.32 Å². The van der Waals surface area contributed by atoms with E-state index in [0.29, 0.717) is 5.37 Å². The minimum atomic E-state index is 0.667. The van der Waals surface area contributed by atoms with Gasteiger partial charge in [0.05, 0.1) is 5.37 Å². The predicted molar refractivity (Wildman–Crippen MR) is 38.6 cm³/mol. The molecule has 0 amide bonds. The summed E-state index contributed by atoms with van der Waals surface area (Å²) in [6.45, 7) is 2.21. The van der Waals surface area contributed by atoms with Crippen LogP contribution in [0.2, 0.25) is 0 Å². The molecule has 1 N–H and O–H groups in total. The zero-order valence-electron chi connectivity index (χ0n) is 5.05. The van der Waals surface area contributed by atoms with Crippen LogP contribution in [0.25, 0.3) is 0 Å². The van der Waals surface area contributed by atoms with E-state index in [9.17, 15) is 0 Å². The second-order valence-corrected chi connectivity index (χ2v) is 3.00. The van der Waals surface area contributed by atoms with Crippen LogP contribution in [0.5, 0.6) is 0 Å².